The fraction of sp³-hybridized carbons (Fsp3) is 0.312. The first-order chi connectivity index (χ1) is 11.1. The third-order valence-electron chi connectivity index (χ3n) is 3.02. The quantitative estimate of drug-likeness (QED) is 0.646. The Kier molecular flexibility index (Phi) is 6.34. The van der Waals surface area contributed by atoms with Gasteiger partial charge in [0.05, 0.1) is 5.56 Å². The van der Waals surface area contributed by atoms with Gasteiger partial charge < -0.3 is 16.0 Å². The zero-order valence-corrected chi connectivity index (χ0v) is 14.8. The van der Waals surface area contributed by atoms with Crippen LogP contribution in [0.4, 0.5) is 11.8 Å². The molecule has 1 heterocycles. The topological polar surface area (TPSA) is 78.9 Å². The third kappa shape index (κ3) is 5.21. The Labute approximate surface area is 144 Å². The Hall–Kier alpha value is -2.15. The zero-order chi connectivity index (χ0) is 16.7. The second kappa shape index (κ2) is 8.47. The predicted molar refractivity (Wildman–Crippen MR) is 95.9 cm³/mol. The number of amides is 1. The normalized spacial score (nSPS) is 10.2. The number of nitrogens with zero attached hydrogens (tertiary/aromatic N) is 2. The van der Waals surface area contributed by atoms with Crippen LogP contribution in [0.1, 0.15) is 23.0 Å². The largest absolute Gasteiger partial charge is 0.368 e. The molecule has 0 bridgehead atoms. The number of halogens is 1. The number of nitrogens with one attached hydrogen (secondary N) is 3. The Morgan fingerprint density at radius 3 is 2.70 bits per heavy atom. The average molecular weight is 378 g/mol. The Bertz CT molecular complexity index is 677. The van der Waals surface area contributed by atoms with Crippen molar-refractivity contribution in [2.75, 3.05) is 30.3 Å². The molecule has 0 saturated heterocycles. The molecule has 3 N–H and O–H groups in total. The highest BCUT2D eigenvalue weighted by Crippen LogP contribution is 2.15. The zero-order valence-electron chi connectivity index (χ0n) is 13.2. The average Bonchev–Trinajstić information content (AvgIpc) is 2.51. The standard InChI is InChI=1S/C16H20BrN5O/c1-3-18-16-21-11(2)10-14(22-16)19-8-9-20-15(23)12-6-4-5-7-13(12)17/h4-7,10H,3,8-9H2,1-2H3,(H,20,23)(H2,18,19,21,22). The predicted octanol–water partition coefficient (Wildman–Crippen LogP) is 2.82. The summed E-state index contributed by atoms with van der Waals surface area (Å²) >= 11 is 3.37. The fourth-order valence-electron chi connectivity index (χ4n) is 2.00. The maximum atomic E-state index is 12.1. The minimum absolute atomic E-state index is 0.105. The molecule has 0 fully saturated rings. The van der Waals surface area contributed by atoms with Crippen molar-refractivity contribution in [1.82, 2.24) is 15.3 Å². The van der Waals surface area contributed by atoms with Gasteiger partial charge in [0.1, 0.15) is 5.82 Å². The number of aryl methyl sites for hydroxylation is 1. The number of anilines is 2. The fourth-order valence-corrected chi connectivity index (χ4v) is 2.47. The van der Waals surface area contributed by atoms with Gasteiger partial charge in [-0.3, -0.25) is 4.79 Å². The SMILES string of the molecule is CCNc1nc(C)cc(NCCNC(=O)c2ccccc2Br)n1. The van der Waals surface area contributed by atoms with Gasteiger partial charge in [0, 0.05) is 35.9 Å². The van der Waals surface area contributed by atoms with Crippen LogP contribution in [-0.2, 0) is 0 Å². The third-order valence-corrected chi connectivity index (χ3v) is 3.72. The van der Waals surface area contributed by atoms with Crippen molar-refractivity contribution in [3.63, 3.8) is 0 Å². The summed E-state index contributed by atoms with van der Waals surface area (Å²) in [6.45, 7) is 5.77. The number of carbonyl (C=O) groups excluding carboxylic acids is 1. The van der Waals surface area contributed by atoms with Crippen molar-refractivity contribution >= 4 is 33.6 Å². The molecular formula is C16H20BrN5O. The van der Waals surface area contributed by atoms with Crippen LogP contribution in [0, 0.1) is 6.92 Å². The molecule has 122 valence electrons. The molecule has 0 aliphatic rings. The van der Waals surface area contributed by atoms with Crippen molar-refractivity contribution in [2.24, 2.45) is 0 Å². The summed E-state index contributed by atoms with van der Waals surface area (Å²) in [4.78, 5) is 20.7. The van der Waals surface area contributed by atoms with E-state index in [2.05, 4.69) is 41.8 Å². The lowest BCUT2D eigenvalue weighted by molar-refractivity contribution is 0.0954. The maximum absolute atomic E-state index is 12.1. The first-order valence-corrected chi connectivity index (χ1v) is 8.25. The van der Waals surface area contributed by atoms with Gasteiger partial charge in [0.2, 0.25) is 5.95 Å². The van der Waals surface area contributed by atoms with Crippen molar-refractivity contribution in [2.45, 2.75) is 13.8 Å². The molecule has 7 heteroatoms. The molecule has 1 amide bonds. The molecule has 0 spiro atoms. The van der Waals surface area contributed by atoms with Crippen LogP contribution in [0.25, 0.3) is 0 Å². The van der Waals surface area contributed by atoms with Gasteiger partial charge in [-0.2, -0.15) is 4.98 Å². The Morgan fingerprint density at radius 1 is 1.17 bits per heavy atom. The van der Waals surface area contributed by atoms with Crippen LogP contribution < -0.4 is 16.0 Å². The van der Waals surface area contributed by atoms with Gasteiger partial charge in [0.15, 0.2) is 0 Å². The number of carbonyl (C=O) groups is 1. The minimum atomic E-state index is -0.105. The molecular weight excluding hydrogens is 358 g/mol. The van der Waals surface area contributed by atoms with Gasteiger partial charge in [-0.25, -0.2) is 4.98 Å². The maximum Gasteiger partial charge on any atom is 0.252 e. The van der Waals surface area contributed by atoms with Crippen LogP contribution in [0.3, 0.4) is 0 Å². The number of hydrogen-bond acceptors (Lipinski definition) is 5. The number of benzene rings is 1. The molecule has 0 radical (unpaired) electrons. The van der Waals surface area contributed by atoms with E-state index in [1.54, 1.807) is 6.07 Å². The molecule has 0 aliphatic heterocycles. The van der Waals surface area contributed by atoms with E-state index in [4.69, 9.17) is 0 Å². The lowest BCUT2D eigenvalue weighted by Crippen LogP contribution is -2.29. The van der Waals surface area contributed by atoms with Gasteiger partial charge in [-0.1, -0.05) is 12.1 Å². The molecule has 1 aromatic carbocycles. The van der Waals surface area contributed by atoms with Crippen molar-refractivity contribution in [1.29, 1.82) is 0 Å². The molecule has 2 rings (SSSR count). The summed E-state index contributed by atoms with van der Waals surface area (Å²) < 4.78 is 0.784. The molecule has 0 saturated carbocycles. The molecule has 2 aromatic rings. The molecule has 23 heavy (non-hydrogen) atoms. The smallest absolute Gasteiger partial charge is 0.252 e. The summed E-state index contributed by atoms with van der Waals surface area (Å²) in [5, 5.41) is 9.15. The van der Waals surface area contributed by atoms with Gasteiger partial charge in [-0.15, -0.1) is 0 Å². The molecule has 0 unspecified atom stereocenters. The summed E-state index contributed by atoms with van der Waals surface area (Å²) in [5.41, 5.74) is 1.51. The molecule has 1 aromatic heterocycles. The Balaban J connectivity index is 1.84. The second-order valence-electron chi connectivity index (χ2n) is 4.91. The van der Waals surface area contributed by atoms with E-state index < -0.39 is 0 Å². The van der Waals surface area contributed by atoms with E-state index in [1.807, 2.05) is 38.1 Å². The lowest BCUT2D eigenvalue weighted by atomic mass is 10.2. The molecule has 0 atom stereocenters. The van der Waals surface area contributed by atoms with Crippen LogP contribution in [0.2, 0.25) is 0 Å². The van der Waals surface area contributed by atoms with Crippen molar-refractivity contribution in [3.8, 4) is 0 Å². The van der Waals surface area contributed by atoms with Crippen LogP contribution in [0.5, 0.6) is 0 Å². The van der Waals surface area contributed by atoms with Crippen LogP contribution in [-0.4, -0.2) is 35.5 Å². The Morgan fingerprint density at radius 2 is 1.96 bits per heavy atom. The molecule has 0 aliphatic carbocycles. The van der Waals surface area contributed by atoms with E-state index in [1.165, 1.54) is 0 Å². The summed E-state index contributed by atoms with van der Waals surface area (Å²) in [6, 6.07) is 9.21. The summed E-state index contributed by atoms with van der Waals surface area (Å²) in [5.74, 6) is 1.24. The van der Waals surface area contributed by atoms with E-state index in [0.29, 0.717) is 24.6 Å². The highest BCUT2D eigenvalue weighted by molar-refractivity contribution is 9.10. The van der Waals surface area contributed by atoms with Crippen molar-refractivity contribution in [3.05, 3.63) is 46.1 Å². The van der Waals surface area contributed by atoms with Gasteiger partial charge in [-0.05, 0) is 41.9 Å². The number of hydrogen-bond donors (Lipinski definition) is 3. The summed E-state index contributed by atoms with van der Waals surface area (Å²) in [6.07, 6.45) is 0. The van der Waals surface area contributed by atoms with Crippen molar-refractivity contribution < 1.29 is 4.79 Å². The molecule has 6 nitrogen and oxygen atoms in total. The number of aromatic nitrogens is 2. The first kappa shape index (κ1) is 17.2. The van der Waals surface area contributed by atoms with Crippen LogP contribution >= 0.6 is 15.9 Å². The first-order valence-electron chi connectivity index (χ1n) is 7.46. The van der Waals surface area contributed by atoms with Gasteiger partial charge >= 0.3 is 0 Å². The summed E-state index contributed by atoms with van der Waals surface area (Å²) in [7, 11) is 0. The second-order valence-corrected chi connectivity index (χ2v) is 5.77. The van der Waals surface area contributed by atoms with E-state index in [9.17, 15) is 4.79 Å². The monoisotopic (exact) mass is 377 g/mol. The van der Waals surface area contributed by atoms with E-state index >= 15 is 0 Å². The van der Waals surface area contributed by atoms with E-state index in [-0.39, 0.29) is 5.91 Å². The highest BCUT2D eigenvalue weighted by Gasteiger charge is 2.08. The highest BCUT2D eigenvalue weighted by atomic mass is 79.9. The van der Waals surface area contributed by atoms with Crippen LogP contribution in [0.15, 0.2) is 34.8 Å². The minimum Gasteiger partial charge on any atom is -0.368 e. The van der Waals surface area contributed by atoms with E-state index in [0.717, 1.165) is 22.5 Å². The number of rotatable bonds is 7. The van der Waals surface area contributed by atoms with Gasteiger partial charge in [0.25, 0.3) is 5.91 Å². The lowest BCUT2D eigenvalue weighted by Gasteiger charge is -2.10.